The highest BCUT2D eigenvalue weighted by molar-refractivity contribution is 9.10. The van der Waals surface area contributed by atoms with Crippen molar-refractivity contribution in [3.63, 3.8) is 0 Å². The molecule has 334 valence electrons. The predicted octanol–water partition coefficient (Wildman–Crippen LogP) is 7.09. The number of aromatic nitrogens is 5. The molecule has 4 aromatic heterocycles. The summed E-state index contributed by atoms with van der Waals surface area (Å²) in [4.78, 5) is 50.9. The molecule has 3 N–H and O–H groups in total. The van der Waals surface area contributed by atoms with E-state index >= 15 is 0 Å². The van der Waals surface area contributed by atoms with Crippen molar-refractivity contribution < 1.29 is 18.9 Å². The van der Waals surface area contributed by atoms with Crippen molar-refractivity contribution in [2.45, 2.75) is 57.4 Å². The van der Waals surface area contributed by atoms with Gasteiger partial charge in [0, 0.05) is 99.3 Å². The summed E-state index contributed by atoms with van der Waals surface area (Å²) in [5, 5.41) is 10.9. The van der Waals surface area contributed by atoms with Crippen molar-refractivity contribution in [2.24, 2.45) is 0 Å². The summed E-state index contributed by atoms with van der Waals surface area (Å²) >= 11 is 3.61. The van der Waals surface area contributed by atoms with Gasteiger partial charge in [0.25, 0.3) is 0 Å². The molecule has 3 fully saturated rings. The third-order valence-corrected chi connectivity index (χ3v) is 15.1. The monoisotopic (exact) mass is 947 g/mol. The van der Waals surface area contributed by atoms with E-state index in [-0.39, 0.29) is 17.7 Å². The average Bonchev–Trinajstić information content (AvgIpc) is 3.74. The number of benzene rings is 2. The molecule has 3 aliphatic rings. The first-order chi connectivity index (χ1) is 30.9. The molecule has 0 radical (unpaired) electrons. The quantitative estimate of drug-likeness (QED) is 0.0796. The molecule has 2 amide bonds. The fraction of sp³-hybridized carbons (Fsp3) is 0.404. The number of anilines is 5. The number of ether oxygens (including phenoxy) is 1. The van der Waals surface area contributed by atoms with Gasteiger partial charge in [-0.2, -0.15) is 4.98 Å². The van der Waals surface area contributed by atoms with Crippen LogP contribution in [0.5, 0.6) is 5.75 Å². The summed E-state index contributed by atoms with van der Waals surface area (Å²) in [5.74, 6) is 0.768. The molecular weight excluding hydrogens is 893 g/mol. The minimum atomic E-state index is -2.71. The molecule has 17 heteroatoms. The maximum atomic E-state index is 13.6. The predicted molar refractivity (Wildman–Crippen MR) is 257 cm³/mol. The van der Waals surface area contributed by atoms with Crippen molar-refractivity contribution >= 4 is 85.6 Å². The van der Waals surface area contributed by atoms with Crippen LogP contribution < -0.4 is 30.9 Å². The number of para-hydroxylation sites is 1. The van der Waals surface area contributed by atoms with E-state index in [4.69, 9.17) is 14.7 Å². The van der Waals surface area contributed by atoms with Crippen LogP contribution in [0.2, 0.25) is 0 Å². The molecule has 1 atom stereocenters. The Morgan fingerprint density at radius 1 is 0.906 bits per heavy atom. The minimum Gasteiger partial charge on any atom is -0.494 e. The molecule has 1 unspecified atom stereocenters. The number of hydrogen-bond acceptors (Lipinski definition) is 13. The molecule has 0 aliphatic carbocycles. The number of pyridine rings is 2. The van der Waals surface area contributed by atoms with E-state index in [0.717, 1.165) is 105 Å². The lowest BCUT2D eigenvalue weighted by Gasteiger charge is -2.43. The minimum absolute atomic E-state index is 0.211. The molecule has 9 rings (SSSR count). The lowest BCUT2D eigenvalue weighted by atomic mass is 9.95. The summed E-state index contributed by atoms with van der Waals surface area (Å²) in [7, 11) is -1.02. The van der Waals surface area contributed by atoms with Crippen LogP contribution in [-0.4, -0.2) is 118 Å². The summed E-state index contributed by atoms with van der Waals surface area (Å²) in [6.07, 6.45) is 12.1. The van der Waals surface area contributed by atoms with Gasteiger partial charge >= 0.3 is 0 Å². The number of hydrogen-bond donors (Lipinski definition) is 3. The first-order valence-electron chi connectivity index (χ1n) is 22.2. The van der Waals surface area contributed by atoms with Crippen LogP contribution in [0.1, 0.15) is 55.3 Å². The largest absolute Gasteiger partial charge is 0.494 e. The first kappa shape index (κ1) is 43.8. The molecule has 15 nitrogen and oxygen atoms in total. The molecular formula is C47H55BrN11O4P. The van der Waals surface area contributed by atoms with Crippen molar-refractivity contribution in [3.8, 4) is 5.75 Å². The van der Waals surface area contributed by atoms with Gasteiger partial charge in [0.1, 0.15) is 24.4 Å². The third kappa shape index (κ3) is 9.24. The number of carbonyl (C=O) groups excluding carboxylic acids is 2. The Balaban J connectivity index is 0.808. The van der Waals surface area contributed by atoms with Gasteiger partial charge in [-0.15, -0.1) is 0 Å². The molecule has 0 saturated carbocycles. The fourth-order valence-electron chi connectivity index (χ4n) is 9.55. The van der Waals surface area contributed by atoms with Crippen LogP contribution in [0.25, 0.3) is 16.6 Å². The lowest BCUT2D eigenvalue weighted by molar-refractivity contribution is -0.134. The molecule has 7 heterocycles. The molecule has 2 aromatic carbocycles. The van der Waals surface area contributed by atoms with E-state index < -0.39 is 7.14 Å². The normalized spacial score (nSPS) is 18.1. The second-order valence-electron chi connectivity index (χ2n) is 17.3. The zero-order valence-electron chi connectivity index (χ0n) is 36.8. The Morgan fingerprint density at radius 3 is 2.45 bits per heavy atom. The van der Waals surface area contributed by atoms with Crippen LogP contribution in [0.3, 0.4) is 0 Å². The van der Waals surface area contributed by atoms with Gasteiger partial charge in [0.2, 0.25) is 17.8 Å². The van der Waals surface area contributed by atoms with Gasteiger partial charge in [-0.05, 0) is 90.7 Å². The number of imidazole rings is 1. The zero-order chi connectivity index (χ0) is 44.5. The number of nitrogens with one attached hydrogen (secondary N) is 3. The van der Waals surface area contributed by atoms with E-state index in [9.17, 15) is 14.2 Å². The number of nitrogens with zero attached hydrogens (tertiary/aromatic N) is 8. The highest BCUT2D eigenvalue weighted by Gasteiger charge is 2.31. The average molecular weight is 949 g/mol. The van der Waals surface area contributed by atoms with Gasteiger partial charge in [0.05, 0.1) is 46.3 Å². The summed E-state index contributed by atoms with van der Waals surface area (Å²) in [6.45, 7) is 12.8. The smallest absolute Gasteiger partial charge is 0.235 e. The van der Waals surface area contributed by atoms with Gasteiger partial charge in [-0.25, -0.2) is 9.97 Å². The van der Waals surface area contributed by atoms with Crippen molar-refractivity contribution in [3.05, 3.63) is 94.6 Å². The number of piperazine rings is 1. The number of aryl methyl sites for hydroxylation is 1. The standard InChI is InChI=1S/C47H55BrN11O4P/c1-5-30-25-37(53-47-50-27-35(48)44(55-47)51-38-28-49-36-11-7-6-10-33(36)43(38)64(3,4)62)41(63-2)26-40(30)58-19-15-32(16-20-58)57-23-21-56(22-24-57)18-14-31-9-8-17-59-29-39(52-45(31)59)34-12-13-42(60)54-46(34)61/h6-11,17,25-29,32,34H,5,12-16,18-24H2,1-4H3,(H,54,60,61)(H2,50,51,53,55). The third-order valence-electron chi connectivity index (χ3n) is 12.9. The van der Waals surface area contributed by atoms with Gasteiger partial charge in [-0.1, -0.05) is 31.2 Å². The molecule has 3 aliphatic heterocycles. The van der Waals surface area contributed by atoms with Gasteiger partial charge in [-0.3, -0.25) is 24.8 Å². The Labute approximate surface area is 381 Å². The second-order valence-corrected chi connectivity index (χ2v) is 21.3. The van der Waals surface area contributed by atoms with Gasteiger partial charge in [0.15, 0.2) is 0 Å². The van der Waals surface area contributed by atoms with Crippen LogP contribution in [0, 0.1) is 0 Å². The first-order valence-corrected chi connectivity index (χ1v) is 25.6. The van der Waals surface area contributed by atoms with Crippen molar-refractivity contribution in [1.82, 2.24) is 39.5 Å². The van der Waals surface area contributed by atoms with Crippen LogP contribution in [0.4, 0.5) is 28.8 Å². The summed E-state index contributed by atoms with van der Waals surface area (Å²) in [5.41, 5.74) is 7.41. The highest BCUT2D eigenvalue weighted by Crippen LogP contribution is 2.42. The number of piperidine rings is 2. The number of imide groups is 1. The number of halogens is 1. The molecule has 64 heavy (non-hydrogen) atoms. The van der Waals surface area contributed by atoms with E-state index in [1.54, 1.807) is 32.8 Å². The summed E-state index contributed by atoms with van der Waals surface area (Å²) in [6, 6.07) is 16.8. The van der Waals surface area contributed by atoms with Crippen LogP contribution in [-0.2, 0) is 27.0 Å². The Kier molecular flexibility index (Phi) is 12.7. The van der Waals surface area contributed by atoms with Crippen molar-refractivity contribution in [1.29, 1.82) is 0 Å². The number of fused-ring (bicyclic) bond motifs is 2. The molecule has 0 spiro atoms. The highest BCUT2D eigenvalue weighted by atomic mass is 79.9. The van der Waals surface area contributed by atoms with E-state index in [0.29, 0.717) is 46.6 Å². The SMILES string of the molecule is CCc1cc(Nc2ncc(Br)c(Nc3cnc4ccccc4c3P(C)(C)=O)n2)c(OC)cc1N1CCC(N2CCN(CCc3cccn4cc(C5CCC(=O)NC5=O)nc34)CC2)CC1. The number of amides is 2. The lowest BCUT2D eigenvalue weighted by Crippen LogP contribution is -2.53. The van der Waals surface area contributed by atoms with E-state index in [1.165, 1.54) is 16.8 Å². The number of carbonyl (C=O) groups is 2. The Bertz CT molecular complexity index is 2760. The maximum absolute atomic E-state index is 13.6. The summed E-state index contributed by atoms with van der Waals surface area (Å²) < 4.78 is 22.2. The Hall–Kier alpha value is -5.41. The van der Waals surface area contributed by atoms with Gasteiger partial charge < -0.3 is 34.1 Å². The Morgan fingerprint density at radius 2 is 1.70 bits per heavy atom. The number of rotatable bonds is 13. The molecule has 6 aromatic rings. The molecule has 0 bridgehead atoms. The molecule has 3 saturated heterocycles. The van der Waals surface area contributed by atoms with Crippen LogP contribution in [0.15, 0.2) is 77.8 Å². The van der Waals surface area contributed by atoms with E-state index in [2.05, 4.69) is 81.7 Å². The zero-order valence-corrected chi connectivity index (χ0v) is 39.3. The topological polar surface area (TPSA) is 162 Å². The number of methoxy groups -OCH3 is 1. The fourth-order valence-corrected chi connectivity index (χ4v) is 11.3. The maximum Gasteiger partial charge on any atom is 0.235 e. The van der Waals surface area contributed by atoms with Crippen LogP contribution >= 0.6 is 23.1 Å². The van der Waals surface area contributed by atoms with E-state index in [1.807, 2.05) is 47.1 Å². The second kappa shape index (κ2) is 18.6. The van der Waals surface area contributed by atoms with Crippen molar-refractivity contribution in [2.75, 3.05) is 81.8 Å².